The van der Waals surface area contributed by atoms with Crippen molar-refractivity contribution in [3.8, 4) is 0 Å². The van der Waals surface area contributed by atoms with Crippen molar-refractivity contribution in [1.29, 1.82) is 0 Å². The van der Waals surface area contributed by atoms with Gasteiger partial charge in [0.15, 0.2) is 0 Å². The second kappa shape index (κ2) is 7.68. The number of hydrogen-bond acceptors (Lipinski definition) is 3. The van der Waals surface area contributed by atoms with Crippen LogP contribution in [0.5, 0.6) is 0 Å². The van der Waals surface area contributed by atoms with Gasteiger partial charge < -0.3 is 5.32 Å². The van der Waals surface area contributed by atoms with Crippen molar-refractivity contribution < 1.29 is 9.18 Å². The normalized spacial score (nSPS) is 10.6. The summed E-state index contributed by atoms with van der Waals surface area (Å²) in [6.07, 6.45) is 0. The molecule has 1 heterocycles. The first-order valence-electron chi connectivity index (χ1n) is 7.51. The molecule has 2 aromatic carbocycles. The highest BCUT2D eigenvalue weighted by molar-refractivity contribution is 6.35. The highest BCUT2D eigenvalue weighted by Crippen LogP contribution is 2.22. The van der Waals surface area contributed by atoms with Crippen LogP contribution in [0.25, 0.3) is 0 Å². The zero-order valence-corrected chi connectivity index (χ0v) is 14.8. The van der Waals surface area contributed by atoms with Crippen LogP contribution in [0.2, 0.25) is 10.0 Å². The smallest absolute Gasteiger partial charge is 0.276 e. The fourth-order valence-corrected chi connectivity index (χ4v) is 2.84. The van der Waals surface area contributed by atoms with Gasteiger partial charge in [-0.15, -0.1) is 0 Å². The molecule has 0 aliphatic rings. The van der Waals surface area contributed by atoms with Crippen molar-refractivity contribution in [3.63, 3.8) is 0 Å². The van der Waals surface area contributed by atoms with E-state index in [9.17, 15) is 14.0 Å². The molecule has 0 aliphatic carbocycles. The van der Waals surface area contributed by atoms with Crippen LogP contribution in [-0.2, 0) is 6.54 Å². The number of nitrogens with one attached hydrogen (secondary N) is 1. The number of carbonyl (C=O) groups excluding carboxylic acids is 1. The van der Waals surface area contributed by atoms with Crippen LogP contribution in [-0.4, -0.2) is 15.7 Å². The lowest BCUT2D eigenvalue weighted by atomic mass is 10.2. The van der Waals surface area contributed by atoms with E-state index in [2.05, 4.69) is 10.4 Å². The average molecular weight is 392 g/mol. The maximum Gasteiger partial charge on any atom is 0.276 e. The predicted octanol–water partition coefficient (Wildman–Crippen LogP) is 3.99. The third-order valence-electron chi connectivity index (χ3n) is 3.44. The Hall–Kier alpha value is -2.70. The van der Waals surface area contributed by atoms with E-state index in [0.29, 0.717) is 21.3 Å². The van der Waals surface area contributed by atoms with E-state index < -0.39 is 17.3 Å². The molecular formula is C18H12Cl2FN3O2. The number of amides is 1. The summed E-state index contributed by atoms with van der Waals surface area (Å²) >= 11 is 11.8. The van der Waals surface area contributed by atoms with Crippen LogP contribution in [0, 0.1) is 5.82 Å². The van der Waals surface area contributed by atoms with Crippen LogP contribution < -0.4 is 10.9 Å². The van der Waals surface area contributed by atoms with E-state index in [1.165, 1.54) is 48.5 Å². The lowest BCUT2D eigenvalue weighted by Gasteiger charge is -2.09. The lowest BCUT2D eigenvalue weighted by Crippen LogP contribution is -2.26. The number of nitrogens with zero attached hydrogens (tertiary/aromatic N) is 2. The molecule has 0 radical (unpaired) electrons. The Morgan fingerprint density at radius 3 is 2.50 bits per heavy atom. The molecule has 0 saturated carbocycles. The molecule has 132 valence electrons. The average Bonchev–Trinajstić information content (AvgIpc) is 2.56. The van der Waals surface area contributed by atoms with Gasteiger partial charge in [-0.3, -0.25) is 9.59 Å². The summed E-state index contributed by atoms with van der Waals surface area (Å²) < 4.78 is 14.4. The number of aromatic nitrogens is 2. The zero-order chi connectivity index (χ0) is 18.7. The quantitative estimate of drug-likeness (QED) is 0.731. The Morgan fingerprint density at radius 1 is 1.08 bits per heavy atom. The molecule has 5 nitrogen and oxygen atoms in total. The molecule has 3 aromatic rings. The number of carbonyl (C=O) groups is 1. The molecule has 1 aromatic heterocycles. The first-order chi connectivity index (χ1) is 12.4. The second-order valence-electron chi connectivity index (χ2n) is 5.46. The van der Waals surface area contributed by atoms with E-state index in [0.717, 1.165) is 4.68 Å². The van der Waals surface area contributed by atoms with Gasteiger partial charge in [0.1, 0.15) is 11.5 Å². The van der Waals surface area contributed by atoms with Crippen molar-refractivity contribution >= 4 is 34.8 Å². The minimum atomic E-state index is -0.531. The molecule has 0 spiro atoms. The summed E-state index contributed by atoms with van der Waals surface area (Å²) in [6.45, 7) is 0.0424. The standard InChI is InChI=1S/C18H12Cl2FN3O2/c19-12-7-13(20)9-15(8-12)22-18(26)16-4-5-17(25)24(23-16)10-11-2-1-3-14(21)6-11/h1-9H,10H2,(H,22,26). The lowest BCUT2D eigenvalue weighted by molar-refractivity contribution is 0.102. The summed E-state index contributed by atoms with van der Waals surface area (Å²) in [7, 11) is 0. The summed E-state index contributed by atoms with van der Waals surface area (Å²) in [4.78, 5) is 24.3. The topological polar surface area (TPSA) is 64.0 Å². The van der Waals surface area contributed by atoms with Gasteiger partial charge in [0.05, 0.1) is 6.54 Å². The molecule has 0 fully saturated rings. The minimum absolute atomic E-state index is 0.0251. The maximum absolute atomic E-state index is 13.3. The number of anilines is 1. The highest BCUT2D eigenvalue weighted by Gasteiger charge is 2.11. The molecule has 0 aliphatic heterocycles. The first-order valence-corrected chi connectivity index (χ1v) is 8.26. The second-order valence-corrected chi connectivity index (χ2v) is 6.33. The Kier molecular flexibility index (Phi) is 5.35. The van der Waals surface area contributed by atoms with Crippen LogP contribution in [0.4, 0.5) is 10.1 Å². The molecule has 0 unspecified atom stereocenters. The Bertz CT molecular complexity index is 1020. The third kappa shape index (κ3) is 4.47. The summed E-state index contributed by atoms with van der Waals surface area (Å²) in [6, 6.07) is 13.0. The highest BCUT2D eigenvalue weighted by atomic mass is 35.5. The molecule has 1 amide bonds. The van der Waals surface area contributed by atoms with Gasteiger partial charge in [-0.2, -0.15) is 5.10 Å². The number of benzene rings is 2. The monoisotopic (exact) mass is 391 g/mol. The molecule has 1 N–H and O–H groups in total. The van der Waals surface area contributed by atoms with E-state index in [-0.39, 0.29) is 12.2 Å². The largest absolute Gasteiger partial charge is 0.320 e. The molecule has 3 rings (SSSR count). The fourth-order valence-electron chi connectivity index (χ4n) is 2.31. The van der Waals surface area contributed by atoms with Gasteiger partial charge in [-0.25, -0.2) is 9.07 Å². The van der Waals surface area contributed by atoms with Gasteiger partial charge in [0, 0.05) is 21.8 Å². The van der Waals surface area contributed by atoms with E-state index in [4.69, 9.17) is 23.2 Å². The Morgan fingerprint density at radius 2 is 1.81 bits per heavy atom. The van der Waals surface area contributed by atoms with Crippen molar-refractivity contribution in [2.75, 3.05) is 5.32 Å². The van der Waals surface area contributed by atoms with Crippen LogP contribution in [0.1, 0.15) is 16.1 Å². The van der Waals surface area contributed by atoms with Crippen LogP contribution >= 0.6 is 23.2 Å². The molecule has 0 bridgehead atoms. The minimum Gasteiger partial charge on any atom is -0.320 e. The maximum atomic E-state index is 13.3. The molecule has 26 heavy (non-hydrogen) atoms. The fraction of sp³-hybridized carbons (Fsp3) is 0.0556. The predicted molar refractivity (Wildman–Crippen MR) is 98.4 cm³/mol. The van der Waals surface area contributed by atoms with Crippen LogP contribution in [0.15, 0.2) is 59.4 Å². The summed E-state index contributed by atoms with van der Waals surface area (Å²) in [5.74, 6) is -0.946. The number of halogens is 3. The SMILES string of the molecule is O=C(Nc1cc(Cl)cc(Cl)c1)c1ccc(=O)n(Cc2cccc(F)c2)n1. The third-order valence-corrected chi connectivity index (χ3v) is 3.88. The summed E-state index contributed by atoms with van der Waals surface area (Å²) in [5, 5.41) is 7.40. The van der Waals surface area contributed by atoms with Gasteiger partial charge in [-0.05, 0) is 42.0 Å². The molecule has 0 atom stereocenters. The number of hydrogen-bond donors (Lipinski definition) is 1. The van der Waals surface area contributed by atoms with Gasteiger partial charge >= 0.3 is 0 Å². The number of rotatable bonds is 4. The zero-order valence-electron chi connectivity index (χ0n) is 13.2. The first kappa shape index (κ1) is 18.1. The Labute approximate surface area is 158 Å². The van der Waals surface area contributed by atoms with E-state index >= 15 is 0 Å². The van der Waals surface area contributed by atoms with Gasteiger partial charge in [-0.1, -0.05) is 35.3 Å². The van der Waals surface area contributed by atoms with Crippen molar-refractivity contribution in [2.45, 2.75) is 6.54 Å². The van der Waals surface area contributed by atoms with Gasteiger partial charge in [0.2, 0.25) is 0 Å². The van der Waals surface area contributed by atoms with Gasteiger partial charge in [0.25, 0.3) is 11.5 Å². The van der Waals surface area contributed by atoms with Crippen molar-refractivity contribution in [1.82, 2.24) is 9.78 Å². The van der Waals surface area contributed by atoms with E-state index in [1.54, 1.807) is 6.07 Å². The Balaban J connectivity index is 1.84. The van der Waals surface area contributed by atoms with Crippen LogP contribution in [0.3, 0.4) is 0 Å². The molecule has 8 heteroatoms. The van der Waals surface area contributed by atoms with Crippen molar-refractivity contribution in [2.24, 2.45) is 0 Å². The van der Waals surface area contributed by atoms with Crippen molar-refractivity contribution in [3.05, 3.63) is 92.1 Å². The molecular weight excluding hydrogens is 380 g/mol. The van der Waals surface area contributed by atoms with E-state index in [1.807, 2.05) is 0 Å². The molecule has 0 saturated heterocycles. The summed E-state index contributed by atoms with van der Waals surface area (Å²) in [5.41, 5.74) is 0.574.